The minimum atomic E-state index is -3.64. The molecule has 11 nitrogen and oxygen atoms in total. The fourth-order valence-corrected chi connectivity index (χ4v) is 5.26. The number of ether oxygens (including phenoxy) is 1. The minimum Gasteiger partial charge on any atom is -0.444 e. The summed E-state index contributed by atoms with van der Waals surface area (Å²) in [6.45, 7) is 7.31. The molecule has 0 bridgehead atoms. The number of hydrogen-bond acceptors (Lipinski definition) is 8. The van der Waals surface area contributed by atoms with Crippen LogP contribution in [0.4, 0.5) is 4.79 Å². The van der Waals surface area contributed by atoms with Gasteiger partial charge in [0.25, 0.3) is 5.91 Å². The Morgan fingerprint density at radius 1 is 1.14 bits per heavy atom. The number of hydrogen-bond donors (Lipinski definition) is 1. The highest BCUT2D eigenvalue weighted by Crippen LogP contribution is 2.36. The highest BCUT2D eigenvalue weighted by atomic mass is 35.5. The lowest BCUT2D eigenvalue weighted by molar-refractivity contribution is -0.00204. The van der Waals surface area contributed by atoms with Crippen LogP contribution in [-0.2, 0) is 14.8 Å². The number of carbonyl (C=O) groups excluding carboxylic acids is 2. The zero-order valence-electron chi connectivity index (χ0n) is 20.4. The number of amides is 2. The monoisotopic (exact) mass is 524 g/mol. The van der Waals surface area contributed by atoms with E-state index in [0.29, 0.717) is 17.0 Å². The van der Waals surface area contributed by atoms with E-state index in [0.717, 1.165) is 6.26 Å². The second kappa shape index (κ2) is 10.0. The summed E-state index contributed by atoms with van der Waals surface area (Å²) in [5, 5.41) is 2.60. The molecular formula is C22H29ClN6O5S. The molecule has 2 aromatic rings. The van der Waals surface area contributed by atoms with Gasteiger partial charge in [0.1, 0.15) is 22.8 Å². The van der Waals surface area contributed by atoms with Gasteiger partial charge in [-0.15, -0.1) is 0 Å². The van der Waals surface area contributed by atoms with E-state index in [1.807, 2.05) is 0 Å². The molecule has 35 heavy (non-hydrogen) atoms. The first-order valence-electron chi connectivity index (χ1n) is 10.9. The summed E-state index contributed by atoms with van der Waals surface area (Å²) in [4.78, 5) is 38.9. The van der Waals surface area contributed by atoms with Crippen LogP contribution in [0.25, 0.3) is 11.4 Å². The number of rotatable bonds is 4. The SMILES string of the molecule is CNC(=O)c1cc(-c2cc(C3C(C)N(C(=O)OC(C)(C)C)CCN3S(C)(=O)=O)cc(Cl)n2)ncn1. The first-order valence-corrected chi connectivity index (χ1v) is 13.1. The lowest BCUT2D eigenvalue weighted by Crippen LogP contribution is -2.57. The number of carbonyl (C=O) groups is 2. The molecule has 2 aromatic heterocycles. The van der Waals surface area contributed by atoms with Crippen molar-refractivity contribution in [3.8, 4) is 11.4 Å². The van der Waals surface area contributed by atoms with Crippen molar-refractivity contribution in [3.05, 3.63) is 40.9 Å². The normalized spacial score (nSPS) is 19.3. The lowest BCUT2D eigenvalue weighted by atomic mass is 9.97. The van der Waals surface area contributed by atoms with E-state index in [4.69, 9.17) is 16.3 Å². The number of nitrogens with zero attached hydrogens (tertiary/aromatic N) is 5. The molecule has 13 heteroatoms. The van der Waals surface area contributed by atoms with Crippen molar-refractivity contribution in [1.82, 2.24) is 29.5 Å². The van der Waals surface area contributed by atoms with E-state index in [1.165, 1.54) is 28.6 Å². The molecule has 0 aromatic carbocycles. The molecule has 2 atom stereocenters. The predicted molar refractivity (Wildman–Crippen MR) is 130 cm³/mol. The maximum Gasteiger partial charge on any atom is 0.410 e. The predicted octanol–water partition coefficient (Wildman–Crippen LogP) is 2.49. The summed E-state index contributed by atoms with van der Waals surface area (Å²) < 4.78 is 32.3. The smallest absolute Gasteiger partial charge is 0.410 e. The van der Waals surface area contributed by atoms with E-state index >= 15 is 0 Å². The maximum atomic E-state index is 12.9. The van der Waals surface area contributed by atoms with Gasteiger partial charge in [-0.25, -0.2) is 28.2 Å². The van der Waals surface area contributed by atoms with E-state index < -0.39 is 39.7 Å². The Morgan fingerprint density at radius 3 is 2.43 bits per heavy atom. The largest absolute Gasteiger partial charge is 0.444 e. The van der Waals surface area contributed by atoms with Crippen molar-refractivity contribution in [2.45, 2.75) is 45.4 Å². The Labute approximate surface area is 209 Å². The molecule has 0 spiro atoms. The van der Waals surface area contributed by atoms with Crippen LogP contribution in [0.5, 0.6) is 0 Å². The van der Waals surface area contributed by atoms with Gasteiger partial charge in [-0.1, -0.05) is 11.6 Å². The van der Waals surface area contributed by atoms with E-state index in [1.54, 1.807) is 39.8 Å². The average Bonchev–Trinajstić information content (AvgIpc) is 2.76. The third-order valence-corrected chi connectivity index (χ3v) is 6.88. The van der Waals surface area contributed by atoms with Crippen LogP contribution in [0.3, 0.4) is 0 Å². The van der Waals surface area contributed by atoms with Crippen LogP contribution in [-0.4, -0.2) is 82.6 Å². The Hall–Kier alpha value is -2.83. The quantitative estimate of drug-likeness (QED) is 0.603. The summed E-state index contributed by atoms with van der Waals surface area (Å²) >= 11 is 6.34. The van der Waals surface area contributed by atoms with Crippen molar-refractivity contribution >= 4 is 33.6 Å². The fraction of sp³-hybridized carbons (Fsp3) is 0.500. The Kier molecular flexibility index (Phi) is 7.68. The number of piperazine rings is 1. The number of halogens is 1. The van der Waals surface area contributed by atoms with Crippen LogP contribution in [0.2, 0.25) is 5.15 Å². The van der Waals surface area contributed by atoms with Crippen LogP contribution >= 0.6 is 11.6 Å². The topological polar surface area (TPSA) is 135 Å². The third kappa shape index (κ3) is 6.24. The molecule has 1 N–H and O–H groups in total. The second-order valence-electron chi connectivity index (χ2n) is 9.21. The zero-order chi connectivity index (χ0) is 26.1. The van der Waals surface area contributed by atoms with Gasteiger partial charge in [0.05, 0.1) is 29.7 Å². The molecule has 1 aliphatic heterocycles. The van der Waals surface area contributed by atoms with Gasteiger partial charge < -0.3 is 15.0 Å². The summed E-state index contributed by atoms with van der Waals surface area (Å²) in [5.74, 6) is -0.395. The van der Waals surface area contributed by atoms with Crippen LogP contribution in [0, 0.1) is 0 Å². The maximum absolute atomic E-state index is 12.9. The van der Waals surface area contributed by atoms with Gasteiger partial charge in [-0.05, 0) is 51.5 Å². The van der Waals surface area contributed by atoms with Gasteiger partial charge in [-0.3, -0.25) is 4.79 Å². The standard InChI is InChI=1S/C22H29ClN6O5S/c1-13-19(29(35(6,32)33)8-7-28(13)21(31)34-22(2,3)4)14-9-16(27-18(23)10-14)15-11-17(20(30)24-5)26-12-25-15/h9-13,19H,7-8H2,1-6H3,(H,24,30). The minimum absolute atomic E-state index is 0.0800. The van der Waals surface area contributed by atoms with Gasteiger partial charge in [0.15, 0.2) is 0 Å². The summed E-state index contributed by atoms with van der Waals surface area (Å²) in [6.07, 6.45) is 1.83. The number of pyridine rings is 1. The van der Waals surface area contributed by atoms with Crippen molar-refractivity contribution in [2.24, 2.45) is 0 Å². The fourth-order valence-electron chi connectivity index (χ4n) is 3.92. The molecule has 1 saturated heterocycles. The molecule has 0 aliphatic carbocycles. The Morgan fingerprint density at radius 2 is 1.83 bits per heavy atom. The molecule has 2 unspecified atom stereocenters. The second-order valence-corrected chi connectivity index (χ2v) is 11.5. The summed E-state index contributed by atoms with van der Waals surface area (Å²) in [7, 11) is -2.15. The molecule has 1 fully saturated rings. The highest BCUT2D eigenvalue weighted by molar-refractivity contribution is 7.88. The molecule has 190 valence electrons. The Balaban J connectivity index is 2.08. The average molecular weight is 525 g/mol. The van der Waals surface area contributed by atoms with Crippen molar-refractivity contribution in [2.75, 3.05) is 26.4 Å². The van der Waals surface area contributed by atoms with Gasteiger partial charge in [-0.2, -0.15) is 4.31 Å². The molecule has 0 saturated carbocycles. The zero-order valence-corrected chi connectivity index (χ0v) is 22.0. The van der Waals surface area contributed by atoms with Gasteiger partial charge in [0, 0.05) is 20.1 Å². The van der Waals surface area contributed by atoms with Crippen LogP contribution < -0.4 is 5.32 Å². The Bertz CT molecular complexity index is 1230. The first-order chi connectivity index (χ1) is 16.2. The van der Waals surface area contributed by atoms with Gasteiger partial charge in [0.2, 0.25) is 10.0 Å². The molecule has 2 amide bonds. The molecular weight excluding hydrogens is 496 g/mol. The van der Waals surface area contributed by atoms with E-state index in [-0.39, 0.29) is 23.9 Å². The van der Waals surface area contributed by atoms with Crippen LogP contribution in [0.15, 0.2) is 24.5 Å². The van der Waals surface area contributed by atoms with Crippen molar-refractivity contribution < 1.29 is 22.7 Å². The number of aromatic nitrogens is 3. The van der Waals surface area contributed by atoms with Crippen molar-refractivity contribution in [3.63, 3.8) is 0 Å². The number of nitrogens with one attached hydrogen (secondary N) is 1. The molecule has 1 aliphatic rings. The molecule has 0 radical (unpaired) electrons. The third-order valence-electron chi connectivity index (χ3n) is 5.42. The molecule has 3 rings (SSSR count). The van der Waals surface area contributed by atoms with Gasteiger partial charge >= 0.3 is 6.09 Å². The lowest BCUT2D eigenvalue weighted by Gasteiger charge is -2.45. The summed E-state index contributed by atoms with van der Waals surface area (Å²) in [5.41, 5.74) is 0.617. The highest BCUT2D eigenvalue weighted by Gasteiger charge is 2.42. The number of sulfonamides is 1. The summed E-state index contributed by atoms with van der Waals surface area (Å²) in [6, 6.07) is 3.34. The molecule has 3 heterocycles. The van der Waals surface area contributed by atoms with Crippen LogP contribution in [0.1, 0.15) is 49.8 Å². The first kappa shape index (κ1) is 26.8. The van der Waals surface area contributed by atoms with E-state index in [9.17, 15) is 18.0 Å². The van der Waals surface area contributed by atoms with E-state index in [2.05, 4.69) is 20.3 Å². The van der Waals surface area contributed by atoms with Crippen molar-refractivity contribution in [1.29, 1.82) is 0 Å².